The molecule has 0 saturated carbocycles. The minimum Gasteiger partial charge on any atom is -0.338 e. The highest BCUT2D eigenvalue weighted by atomic mass is 35.5. The van der Waals surface area contributed by atoms with Gasteiger partial charge in [0.2, 0.25) is 0 Å². The fourth-order valence-electron chi connectivity index (χ4n) is 2.01. The van der Waals surface area contributed by atoms with E-state index in [4.69, 9.17) is 23.2 Å². The predicted molar refractivity (Wildman–Crippen MR) is 82.2 cm³/mol. The van der Waals surface area contributed by atoms with E-state index < -0.39 is 11.4 Å². The first-order valence-electron chi connectivity index (χ1n) is 6.53. The van der Waals surface area contributed by atoms with Crippen molar-refractivity contribution in [2.75, 3.05) is 6.54 Å². The van der Waals surface area contributed by atoms with Crippen molar-refractivity contribution in [1.29, 1.82) is 0 Å². The molecule has 1 aliphatic rings. The molecule has 0 radical (unpaired) electrons. The molecule has 1 heterocycles. The molecule has 0 aliphatic carbocycles. The number of aliphatic imine (C=N–C) groups is 1. The standard InChI is InChI=1S/C14H16Cl2FN3O/c1-7(2)6-18-13-19-12(21)14(3,20-13)8-4-11(17)10(16)5-9(8)15/h4-5,7H,6H2,1-3H3,(H2,18,19,20,21). The van der Waals surface area contributed by atoms with E-state index in [1.165, 1.54) is 12.1 Å². The van der Waals surface area contributed by atoms with Gasteiger partial charge in [-0.15, -0.1) is 0 Å². The molecule has 0 spiro atoms. The second kappa shape index (κ2) is 5.81. The largest absolute Gasteiger partial charge is 0.338 e. The number of hydrogen-bond acceptors (Lipinski definition) is 2. The fourth-order valence-corrected chi connectivity index (χ4v) is 2.58. The Hall–Kier alpha value is -1.33. The molecule has 2 rings (SSSR count). The van der Waals surface area contributed by atoms with E-state index in [-0.39, 0.29) is 16.0 Å². The van der Waals surface area contributed by atoms with Crippen molar-refractivity contribution < 1.29 is 9.18 Å². The molecule has 4 nitrogen and oxygen atoms in total. The first-order valence-corrected chi connectivity index (χ1v) is 7.28. The van der Waals surface area contributed by atoms with Crippen LogP contribution < -0.4 is 10.6 Å². The molecule has 0 aromatic heterocycles. The van der Waals surface area contributed by atoms with Crippen molar-refractivity contribution in [2.24, 2.45) is 10.9 Å². The van der Waals surface area contributed by atoms with Crippen molar-refractivity contribution in [3.05, 3.63) is 33.6 Å². The number of halogens is 3. The molecule has 21 heavy (non-hydrogen) atoms. The smallest absolute Gasteiger partial charge is 0.256 e. The maximum atomic E-state index is 13.7. The molecule has 1 saturated heterocycles. The Kier molecular flexibility index (Phi) is 4.44. The van der Waals surface area contributed by atoms with E-state index in [0.29, 0.717) is 24.0 Å². The number of rotatable bonds is 3. The summed E-state index contributed by atoms with van der Waals surface area (Å²) >= 11 is 11.8. The highest BCUT2D eigenvalue weighted by Gasteiger charge is 2.44. The predicted octanol–water partition coefficient (Wildman–Crippen LogP) is 3.08. The van der Waals surface area contributed by atoms with E-state index in [1.807, 2.05) is 13.8 Å². The van der Waals surface area contributed by atoms with Crippen LogP contribution in [0.5, 0.6) is 0 Å². The average Bonchev–Trinajstić information content (AvgIpc) is 2.68. The van der Waals surface area contributed by atoms with Gasteiger partial charge in [-0.05, 0) is 25.0 Å². The molecular formula is C14H16Cl2FN3O. The molecule has 1 atom stereocenters. The van der Waals surface area contributed by atoms with Crippen LogP contribution in [0, 0.1) is 11.7 Å². The number of benzene rings is 1. The molecule has 1 aliphatic heterocycles. The Balaban J connectivity index is 2.37. The van der Waals surface area contributed by atoms with Crippen LogP contribution >= 0.6 is 23.2 Å². The van der Waals surface area contributed by atoms with E-state index in [1.54, 1.807) is 6.92 Å². The molecule has 114 valence electrons. The monoisotopic (exact) mass is 331 g/mol. The number of nitrogens with one attached hydrogen (secondary N) is 2. The Labute approximate surface area is 132 Å². The van der Waals surface area contributed by atoms with Gasteiger partial charge in [0.05, 0.1) is 5.02 Å². The number of nitrogens with zero attached hydrogens (tertiary/aromatic N) is 1. The normalized spacial score (nSPS) is 23.6. The maximum Gasteiger partial charge on any atom is 0.256 e. The second-order valence-corrected chi connectivity index (χ2v) is 6.35. The third-order valence-electron chi connectivity index (χ3n) is 3.22. The lowest BCUT2D eigenvalue weighted by Gasteiger charge is -2.23. The molecule has 1 amide bonds. The van der Waals surface area contributed by atoms with Crippen molar-refractivity contribution >= 4 is 35.1 Å². The van der Waals surface area contributed by atoms with E-state index in [2.05, 4.69) is 15.6 Å². The summed E-state index contributed by atoms with van der Waals surface area (Å²) in [4.78, 5) is 16.5. The van der Waals surface area contributed by atoms with E-state index >= 15 is 0 Å². The molecule has 1 aromatic rings. The summed E-state index contributed by atoms with van der Waals surface area (Å²) < 4.78 is 13.7. The van der Waals surface area contributed by atoms with E-state index in [0.717, 1.165) is 0 Å². The summed E-state index contributed by atoms with van der Waals surface area (Å²) in [6.07, 6.45) is 0. The van der Waals surface area contributed by atoms with Gasteiger partial charge in [0.1, 0.15) is 11.4 Å². The van der Waals surface area contributed by atoms with Gasteiger partial charge in [-0.1, -0.05) is 37.0 Å². The highest BCUT2D eigenvalue weighted by molar-refractivity contribution is 6.35. The lowest BCUT2D eigenvalue weighted by Crippen LogP contribution is -2.41. The minimum atomic E-state index is -1.18. The molecule has 2 N–H and O–H groups in total. The molecule has 1 aromatic carbocycles. The zero-order valence-electron chi connectivity index (χ0n) is 11.9. The van der Waals surface area contributed by atoms with Gasteiger partial charge in [0.25, 0.3) is 5.91 Å². The van der Waals surface area contributed by atoms with Gasteiger partial charge in [-0.3, -0.25) is 15.1 Å². The Morgan fingerprint density at radius 1 is 1.33 bits per heavy atom. The summed E-state index contributed by atoms with van der Waals surface area (Å²) in [5, 5.41) is 5.75. The van der Waals surface area contributed by atoms with Crippen LogP contribution in [0.15, 0.2) is 17.1 Å². The molecule has 1 fully saturated rings. The third-order valence-corrected chi connectivity index (χ3v) is 3.82. The van der Waals surface area contributed by atoms with Gasteiger partial charge in [-0.2, -0.15) is 0 Å². The zero-order chi connectivity index (χ0) is 15.8. The van der Waals surface area contributed by atoms with Crippen LogP contribution in [0.4, 0.5) is 4.39 Å². The van der Waals surface area contributed by atoms with E-state index in [9.17, 15) is 9.18 Å². The van der Waals surface area contributed by atoms with Crippen LogP contribution in [-0.4, -0.2) is 18.4 Å². The summed E-state index contributed by atoms with van der Waals surface area (Å²) in [6.45, 7) is 6.23. The van der Waals surface area contributed by atoms with Crippen LogP contribution in [0.25, 0.3) is 0 Å². The number of carbonyl (C=O) groups excluding carboxylic acids is 1. The van der Waals surface area contributed by atoms with Gasteiger partial charge in [0.15, 0.2) is 5.96 Å². The van der Waals surface area contributed by atoms with Gasteiger partial charge in [0, 0.05) is 17.1 Å². The average molecular weight is 332 g/mol. The first kappa shape index (κ1) is 16.0. The van der Waals surface area contributed by atoms with Crippen LogP contribution in [-0.2, 0) is 10.3 Å². The fraction of sp³-hybridized carbons (Fsp3) is 0.429. The molecule has 1 unspecified atom stereocenters. The van der Waals surface area contributed by atoms with Crippen molar-refractivity contribution in [3.63, 3.8) is 0 Å². The second-order valence-electron chi connectivity index (χ2n) is 5.53. The summed E-state index contributed by atoms with van der Waals surface area (Å²) in [5.41, 5.74) is -0.864. The van der Waals surface area contributed by atoms with Crippen LogP contribution in [0.1, 0.15) is 26.3 Å². The van der Waals surface area contributed by atoms with Crippen molar-refractivity contribution in [1.82, 2.24) is 10.6 Å². The quantitative estimate of drug-likeness (QED) is 0.836. The Bertz CT molecular complexity index is 618. The van der Waals surface area contributed by atoms with Crippen LogP contribution in [0.3, 0.4) is 0 Å². The number of hydrogen-bond donors (Lipinski definition) is 2. The van der Waals surface area contributed by atoms with Gasteiger partial charge < -0.3 is 5.32 Å². The first-order chi connectivity index (χ1) is 9.74. The SMILES string of the molecule is CC(C)CN=C1NC(=O)C(C)(c2cc(F)c(Cl)cc2Cl)N1. The topological polar surface area (TPSA) is 53.5 Å². The lowest BCUT2D eigenvalue weighted by molar-refractivity contribution is -0.123. The van der Waals surface area contributed by atoms with Gasteiger partial charge >= 0.3 is 0 Å². The maximum absolute atomic E-state index is 13.7. The highest BCUT2D eigenvalue weighted by Crippen LogP contribution is 2.33. The molecule has 0 bridgehead atoms. The number of guanidine groups is 1. The summed E-state index contributed by atoms with van der Waals surface area (Å²) in [7, 11) is 0. The van der Waals surface area contributed by atoms with Crippen LogP contribution in [0.2, 0.25) is 10.0 Å². The molecular weight excluding hydrogens is 316 g/mol. The Morgan fingerprint density at radius 2 is 2.00 bits per heavy atom. The number of carbonyl (C=O) groups is 1. The van der Waals surface area contributed by atoms with Gasteiger partial charge in [-0.25, -0.2) is 4.39 Å². The summed E-state index contributed by atoms with van der Waals surface area (Å²) in [6, 6.07) is 2.46. The van der Waals surface area contributed by atoms with Crippen molar-refractivity contribution in [3.8, 4) is 0 Å². The number of amides is 1. The lowest BCUT2D eigenvalue weighted by atomic mass is 9.92. The Morgan fingerprint density at radius 3 is 2.62 bits per heavy atom. The third kappa shape index (κ3) is 3.14. The zero-order valence-corrected chi connectivity index (χ0v) is 13.4. The minimum absolute atomic E-state index is 0.0838. The summed E-state index contributed by atoms with van der Waals surface area (Å²) in [5.74, 6) is -0.240. The van der Waals surface area contributed by atoms with Crippen molar-refractivity contribution in [2.45, 2.75) is 26.3 Å². The molecule has 7 heteroatoms.